The molecular weight excluding hydrogens is 405 g/mol. The molecule has 1 saturated heterocycles. The second-order valence-electron chi connectivity index (χ2n) is 5.97. The van der Waals surface area contributed by atoms with Crippen molar-refractivity contribution in [2.45, 2.75) is 25.1 Å². The van der Waals surface area contributed by atoms with Crippen molar-refractivity contribution >= 4 is 23.7 Å². The number of nitrogens with one attached hydrogen (secondary N) is 2. The predicted octanol–water partition coefficient (Wildman–Crippen LogP) is 1.96. The lowest BCUT2D eigenvalue weighted by Crippen LogP contribution is -2.39. The van der Waals surface area contributed by atoms with Crippen molar-refractivity contribution in [1.29, 1.82) is 0 Å². The number of alkyl halides is 3. The normalized spacial score (nSPS) is 17.8. The molecule has 1 amide bonds. The van der Waals surface area contributed by atoms with Crippen LogP contribution in [0.2, 0.25) is 5.02 Å². The molecule has 3 N–H and O–H groups in total. The van der Waals surface area contributed by atoms with E-state index in [-0.39, 0.29) is 12.6 Å². The molecule has 0 saturated carbocycles. The van der Waals surface area contributed by atoms with Crippen LogP contribution in [-0.2, 0) is 9.53 Å². The van der Waals surface area contributed by atoms with Gasteiger partial charge in [-0.3, -0.25) is 0 Å². The van der Waals surface area contributed by atoms with Gasteiger partial charge in [-0.25, -0.2) is 4.79 Å². The minimum Gasteiger partial charge on any atom is -0.530 e. The Morgan fingerprint density at radius 2 is 2.11 bits per heavy atom. The molecule has 0 bridgehead atoms. The van der Waals surface area contributed by atoms with Gasteiger partial charge in [0, 0.05) is 24.0 Å². The number of rotatable bonds is 6. The van der Waals surface area contributed by atoms with Gasteiger partial charge in [0.25, 0.3) is 0 Å². The highest BCUT2D eigenvalue weighted by Gasteiger charge is 2.38. The summed E-state index contributed by atoms with van der Waals surface area (Å²) in [5.74, 6) is -2.40. The van der Waals surface area contributed by atoms with Crippen molar-refractivity contribution in [2.24, 2.45) is 5.92 Å². The van der Waals surface area contributed by atoms with Crippen LogP contribution in [0.25, 0.3) is 0 Å². The molecule has 1 aromatic rings. The highest BCUT2D eigenvalue weighted by molar-refractivity contribution is 6.30. The first-order valence-electron chi connectivity index (χ1n) is 8.44. The number of carbonyl (C=O) groups excluding carboxylic acids is 1. The number of carboxylic acids is 1. The third-order valence-electron chi connectivity index (χ3n) is 3.85. The Labute approximate surface area is 164 Å². The first kappa shape index (κ1) is 24.0. The summed E-state index contributed by atoms with van der Waals surface area (Å²) >= 11 is 6.06. The van der Waals surface area contributed by atoms with E-state index in [0.717, 1.165) is 31.5 Å². The Hall–Kier alpha value is -2.04. The maximum absolute atomic E-state index is 10.6. The number of ether oxygens (including phenoxy) is 1. The average Bonchev–Trinajstić information content (AvgIpc) is 2.62. The topological polar surface area (TPSA) is 111 Å². The van der Waals surface area contributed by atoms with E-state index in [1.54, 1.807) is 0 Å². The fraction of sp³-hybridized carbons (Fsp3) is 0.529. The lowest BCUT2D eigenvalue weighted by atomic mass is 9.89. The molecule has 0 aliphatic carbocycles. The molecule has 158 valence electrons. The van der Waals surface area contributed by atoms with Gasteiger partial charge in [-0.1, -0.05) is 23.7 Å². The van der Waals surface area contributed by atoms with Gasteiger partial charge in [-0.15, -0.1) is 0 Å². The molecule has 1 fully saturated rings. The lowest BCUT2D eigenvalue weighted by Gasteiger charge is -2.31. The third kappa shape index (κ3) is 9.25. The molecule has 2 atom stereocenters. The van der Waals surface area contributed by atoms with Crippen LogP contribution in [-0.4, -0.2) is 49.6 Å². The van der Waals surface area contributed by atoms with Crippen molar-refractivity contribution in [2.75, 3.05) is 26.2 Å². The van der Waals surface area contributed by atoms with E-state index in [2.05, 4.69) is 10.6 Å². The lowest BCUT2D eigenvalue weighted by molar-refractivity contribution is -0.251. The summed E-state index contributed by atoms with van der Waals surface area (Å²) in [4.78, 5) is 19.3. The molecule has 2 rings (SSSR count). The van der Waals surface area contributed by atoms with Gasteiger partial charge in [0.15, 0.2) is 0 Å². The van der Waals surface area contributed by atoms with Crippen molar-refractivity contribution < 1.29 is 37.7 Å². The van der Waals surface area contributed by atoms with Gasteiger partial charge in [0.05, 0.1) is 12.7 Å². The highest BCUT2D eigenvalue weighted by Crippen LogP contribution is 2.31. The standard InChI is InChI=1S/C15H21ClN2O3.C2HF3O2/c16-13-5-1-3-11(9-13)14(12-4-2-6-17-10-12)21-8-7-18-15(19)20;3-2(4,5)1(6)7/h1,3,5,9,12,14,17-18H,2,4,6-8,10H2,(H,19,20);(H,6,7)/p-1/t12-,14+;/m1./s1. The Bertz CT molecular complexity index is 639. The number of hydrogen-bond acceptors (Lipinski definition) is 5. The number of amides is 1. The maximum atomic E-state index is 10.6. The number of halogens is 4. The summed E-state index contributed by atoms with van der Waals surface area (Å²) in [6.45, 7) is 2.46. The Morgan fingerprint density at radius 3 is 2.61 bits per heavy atom. The minimum atomic E-state index is -5.08. The van der Waals surface area contributed by atoms with Crippen LogP contribution in [0.4, 0.5) is 18.0 Å². The maximum Gasteiger partial charge on any atom is 0.490 e. The summed E-state index contributed by atoms with van der Waals surface area (Å²) in [6, 6.07) is 7.65. The number of carbonyl (C=O) groups is 2. The molecule has 28 heavy (non-hydrogen) atoms. The van der Waals surface area contributed by atoms with E-state index in [1.807, 2.05) is 24.3 Å². The van der Waals surface area contributed by atoms with Crippen LogP contribution in [0, 0.1) is 5.92 Å². The summed E-state index contributed by atoms with van der Waals surface area (Å²) in [5.41, 5.74) is 1.03. The molecule has 11 heteroatoms. The van der Waals surface area contributed by atoms with Crippen LogP contribution < -0.4 is 15.7 Å². The number of piperidine rings is 1. The van der Waals surface area contributed by atoms with Crippen LogP contribution in [0.3, 0.4) is 0 Å². The Morgan fingerprint density at radius 1 is 1.43 bits per heavy atom. The molecule has 7 nitrogen and oxygen atoms in total. The monoisotopic (exact) mass is 425 g/mol. The third-order valence-corrected chi connectivity index (χ3v) is 4.09. The number of benzene rings is 1. The van der Waals surface area contributed by atoms with Gasteiger partial charge in [-0.05, 0) is 37.1 Å². The first-order chi connectivity index (χ1) is 13.1. The molecule has 0 aromatic heterocycles. The minimum absolute atomic E-state index is 0.0833. The summed E-state index contributed by atoms with van der Waals surface area (Å²) in [6.07, 6.45) is -4.25. The molecule has 0 spiro atoms. The van der Waals surface area contributed by atoms with Crippen LogP contribution >= 0.6 is 11.6 Å². The highest BCUT2D eigenvalue weighted by atomic mass is 35.5. The zero-order valence-electron chi connectivity index (χ0n) is 14.8. The Kier molecular flexibility index (Phi) is 10.0. The van der Waals surface area contributed by atoms with Crippen molar-refractivity contribution in [3.8, 4) is 0 Å². The second-order valence-corrected chi connectivity index (χ2v) is 6.41. The molecule has 0 radical (unpaired) electrons. The van der Waals surface area contributed by atoms with E-state index in [1.165, 1.54) is 0 Å². The van der Waals surface area contributed by atoms with E-state index in [4.69, 9.17) is 26.2 Å². The molecule has 1 aliphatic heterocycles. The van der Waals surface area contributed by atoms with Crippen LogP contribution in [0.15, 0.2) is 24.3 Å². The van der Waals surface area contributed by atoms with Gasteiger partial charge in [0.2, 0.25) is 0 Å². The van der Waals surface area contributed by atoms with Gasteiger partial charge in [-0.2, -0.15) is 13.2 Å². The molecular formula is C17H21ClF3N2O5-. The fourth-order valence-corrected chi connectivity index (χ4v) is 2.86. The zero-order chi connectivity index (χ0) is 21.2. The molecule has 1 aliphatic rings. The van der Waals surface area contributed by atoms with E-state index >= 15 is 0 Å². The Balaban J connectivity index is 0.000000480. The zero-order valence-corrected chi connectivity index (χ0v) is 15.6. The second kappa shape index (κ2) is 11.7. The fourth-order valence-electron chi connectivity index (χ4n) is 2.66. The quantitative estimate of drug-likeness (QED) is 0.601. The first-order valence-corrected chi connectivity index (χ1v) is 8.81. The summed E-state index contributed by atoms with van der Waals surface area (Å²) < 4.78 is 37.7. The van der Waals surface area contributed by atoms with Gasteiger partial charge in [0.1, 0.15) is 6.09 Å². The van der Waals surface area contributed by atoms with E-state index in [0.29, 0.717) is 17.5 Å². The smallest absolute Gasteiger partial charge is 0.490 e. The molecule has 0 unspecified atom stereocenters. The SMILES string of the molecule is O=C(O)C(F)(F)F.O=C([O-])NCCO[C@@H](c1cccc(Cl)c1)[C@@H]1CCCNC1. The molecule has 1 heterocycles. The average molecular weight is 426 g/mol. The predicted molar refractivity (Wildman–Crippen MR) is 92.8 cm³/mol. The summed E-state index contributed by atoms with van der Waals surface area (Å²) in [7, 11) is 0. The number of aliphatic carboxylic acids is 1. The van der Waals surface area contributed by atoms with Gasteiger partial charge < -0.3 is 30.4 Å². The van der Waals surface area contributed by atoms with Crippen LogP contribution in [0.1, 0.15) is 24.5 Å². The summed E-state index contributed by atoms with van der Waals surface area (Å²) in [5, 5.41) is 23.7. The van der Waals surface area contributed by atoms with Crippen LogP contribution in [0.5, 0.6) is 0 Å². The molecule has 1 aromatic carbocycles. The largest absolute Gasteiger partial charge is 0.530 e. The number of carboxylic acid groups (broad SMARTS) is 2. The van der Waals surface area contributed by atoms with E-state index in [9.17, 15) is 23.1 Å². The van der Waals surface area contributed by atoms with Crippen molar-refractivity contribution in [3.63, 3.8) is 0 Å². The van der Waals surface area contributed by atoms with E-state index < -0.39 is 18.2 Å². The van der Waals surface area contributed by atoms with Gasteiger partial charge >= 0.3 is 12.1 Å². The van der Waals surface area contributed by atoms with Crippen molar-refractivity contribution in [1.82, 2.24) is 10.6 Å². The van der Waals surface area contributed by atoms with Crippen molar-refractivity contribution in [3.05, 3.63) is 34.9 Å². The number of hydrogen-bond donors (Lipinski definition) is 3.